The third-order valence-electron chi connectivity index (χ3n) is 3.59. The highest BCUT2D eigenvalue weighted by Gasteiger charge is 2.27. The standard InChI is InChI=1S/C14H20N2O3S/c1-4-8-16-13-7-6-12(9-11(13)10-14(16)17)15(3)20(18,19)5-2/h6-7,9H,4-5,8,10H2,1-3H3. The molecule has 0 radical (unpaired) electrons. The molecule has 1 heterocycles. The highest BCUT2D eigenvalue weighted by molar-refractivity contribution is 7.92. The number of anilines is 2. The van der Waals surface area contributed by atoms with Gasteiger partial charge in [-0.05, 0) is 37.1 Å². The van der Waals surface area contributed by atoms with Crippen molar-refractivity contribution in [2.75, 3.05) is 28.6 Å². The summed E-state index contributed by atoms with van der Waals surface area (Å²) >= 11 is 0. The molecule has 0 N–H and O–H groups in total. The summed E-state index contributed by atoms with van der Waals surface area (Å²) in [4.78, 5) is 13.7. The zero-order valence-electron chi connectivity index (χ0n) is 12.1. The lowest BCUT2D eigenvalue weighted by atomic mass is 10.1. The molecule has 2 rings (SSSR count). The van der Waals surface area contributed by atoms with Gasteiger partial charge in [-0.2, -0.15) is 0 Å². The number of rotatable bonds is 5. The van der Waals surface area contributed by atoms with Crippen LogP contribution in [0.4, 0.5) is 11.4 Å². The minimum absolute atomic E-state index is 0.0570. The number of fused-ring (bicyclic) bond motifs is 1. The summed E-state index contributed by atoms with van der Waals surface area (Å²) in [5, 5.41) is 0. The topological polar surface area (TPSA) is 57.7 Å². The van der Waals surface area contributed by atoms with Gasteiger partial charge in [-0.15, -0.1) is 0 Å². The summed E-state index contributed by atoms with van der Waals surface area (Å²) in [6.45, 7) is 4.35. The Bertz CT molecular complexity index is 625. The first-order chi connectivity index (χ1) is 9.40. The molecule has 6 heteroatoms. The van der Waals surface area contributed by atoms with Crippen molar-refractivity contribution in [3.8, 4) is 0 Å². The Balaban J connectivity index is 2.36. The average Bonchev–Trinajstić information content (AvgIpc) is 2.74. The van der Waals surface area contributed by atoms with Crippen LogP contribution < -0.4 is 9.21 Å². The molecule has 0 spiro atoms. The van der Waals surface area contributed by atoms with Crippen LogP contribution in [0.25, 0.3) is 0 Å². The van der Waals surface area contributed by atoms with Crippen molar-refractivity contribution in [1.82, 2.24) is 0 Å². The third-order valence-corrected chi connectivity index (χ3v) is 5.36. The fourth-order valence-electron chi connectivity index (χ4n) is 2.39. The van der Waals surface area contributed by atoms with Crippen molar-refractivity contribution in [3.63, 3.8) is 0 Å². The van der Waals surface area contributed by atoms with Crippen LogP contribution in [0.5, 0.6) is 0 Å². The minimum atomic E-state index is -3.27. The van der Waals surface area contributed by atoms with Gasteiger partial charge in [-0.1, -0.05) is 6.92 Å². The summed E-state index contributed by atoms with van der Waals surface area (Å²) in [5.74, 6) is 0.140. The number of carbonyl (C=O) groups is 1. The zero-order chi connectivity index (χ0) is 14.9. The van der Waals surface area contributed by atoms with E-state index in [1.807, 2.05) is 13.0 Å². The number of nitrogens with zero attached hydrogens (tertiary/aromatic N) is 2. The molecule has 5 nitrogen and oxygen atoms in total. The SMILES string of the molecule is CCCN1C(=O)Cc2cc(N(C)S(=O)(=O)CC)ccc21. The van der Waals surface area contributed by atoms with Crippen molar-refractivity contribution >= 4 is 27.3 Å². The molecule has 1 aliphatic rings. The van der Waals surface area contributed by atoms with Gasteiger partial charge in [0, 0.05) is 19.3 Å². The van der Waals surface area contributed by atoms with Crippen molar-refractivity contribution in [2.24, 2.45) is 0 Å². The van der Waals surface area contributed by atoms with Crippen LogP contribution in [-0.4, -0.2) is 33.7 Å². The van der Waals surface area contributed by atoms with E-state index >= 15 is 0 Å². The molecule has 1 aromatic carbocycles. The highest BCUT2D eigenvalue weighted by atomic mass is 32.2. The minimum Gasteiger partial charge on any atom is -0.312 e. The maximum atomic E-state index is 11.9. The van der Waals surface area contributed by atoms with Gasteiger partial charge in [0.1, 0.15) is 0 Å². The van der Waals surface area contributed by atoms with Gasteiger partial charge in [0.2, 0.25) is 15.9 Å². The van der Waals surface area contributed by atoms with E-state index in [2.05, 4.69) is 0 Å². The van der Waals surface area contributed by atoms with E-state index in [0.717, 1.165) is 17.7 Å². The second-order valence-corrected chi connectivity index (χ2v) is 7.19. The van der Waals surface area contributed by atoms with Gasteiger partial charge in [0.15, 0.2) is 0 Å². The number of hydrogen-bond donors (Lipinski definition) is 0. The maximum Gasteiger partial charge on any atom is 0.234 e. The third kappa shape index (κ3) is 2.52. The van der Waals surface area contributed by atoms with Crippen LogP contribution in [-0.2, 0) is 21.2 Å². The summed E-state index contributed by atoms with van der Waals surface area (Å²) in [5.41, 5.74) is 2.42. The molecule has 0 bridgehead atoms. The Morgan fingerprint density at radius 2 is 2.00 bits per heavy atom. The zero-order valence-corrected chi connectivity index (χ0v) is 12.9. The van der Waals surface area contributed by atoms with Crippen molar-refractivity contribution in [3.05, 3.63) is 23.8 Å². The molecule has 1 amide bonds. The molecular weight excluding hydrogens is 276 g/mol. The Hall–Kier alpha value is -1.56. The largest absolute Gasteiger partial charge is 0.312 e. The number of benzene rings is 1. The van der Waals surface area contributed by atoms with Crippen molar-refractivity contribution in [2.45, 2.75) is 26.7 Å². The fraction of sp³-hybridized carbons (Fsp3) is 0.500. The lowest BCUT2D eigenvalue weighted by molar-refractivity contribution is -0.117. The van der Waals surface area contributed by atoms with Crippen LogP contribution in [0.3, 0.4) is 0 Å². The van der Waals surface area contributed by atoms with Crippen LogP contribution in [0.1, 0.15) is 25.8 Å². The second-order valence-electron chi connectivity index (χ2n) is 4.90. The van der Waals surface area contributed by atoms with Crippen LogP contribution in [0.2, 0.25) is 0 Å². The highest BCUT2D eigenvalue weighted by Crippen LogP contribution is 2.32. The van der Waals surface area contributed by atoms with E-state index in [1.165, 1.54) is 4.31 Å². The molecule has 110 valence electrons. The molecule has 0 aliphatic carbocycles. The van der Waals surface area contributed by atoms with E-state index < -0.39 is 10.0 Å². The molecule has 20 heavy (non-hydrogen) atoms. The van der Waals surface area contributed by atoms with Crippen molar-refractivity contribution in [1.29, 1.82) is 0 Å². The summed E-state index contributed by atoms with van der Waals surface area (Å²) in [6, 6.07) is 5.40. The lowest BCUT2D eigenvalue weighted by Gasteiger charge is -2.20. The monoisotopic (exact) mass is 296 g/mol. The average molecular weight is 296 g/mol. The Kier molecular flexibility index (Phi) is 4.04. The molecule has 0 aromatic heterocycles. The summed E-state index contributed by atoms with van der Waals surface area (Å²) in [7, 11) is -1.73. The molecule has 0 unspecified atom stereocenters. The normalized spacial score (nSPS) is 14.6. The molecule has 1 aliphatic heterocycles. The quantitative estimate of drug-likeness (QED) is 0.832. The summed E-state index contributed by atoms with van der Waals surface area (Å²) in [6.07, 6.45) is 1.25. The van der Waals surface area contributed by atoms with Gasteiger partial charge in [-0.25, -0.2) is 8.42 Å². The molecule has 0 atom stereocenters. The van der Waals surface area contributed by atoms with Crippen molar-refractivity contribution < 1.29 is 13.2 Å². The predicted octanol–water partition coefficient (Wildman–Crippen LogP) is 1.77. The van der Waals surface area contributed by atoms with E-state index in [1.54, 1.807) is 31.0 Å². The van der Waals surface area contributed by atoms with Gasteiger partial charge < -0.3 is 4.90 Å². The molecular formula is C14H20N2O3S. The molecule has 0 saturated heterocycles. The van der Waals surface area contributed by atoms with E-state index in [-0.39, 0.29) is 11.7 Å². The molecule has 0 saturated carbocycles. The number of sulfonamides is 1. The van der Waals surface area contributed by atoms with E-state index in [9.17, 15) is 13.2 Å². The summed E-state index contributed by atoms with van der Waals surface area (Å²) < 4.78 is 25.0. The molecule has 1 aromatic rings. The van der Waals surface area contributed by atoms with Crippen LogP contribution in [0, 0.1) is 0 Å². The first-order valence-corrected chi connectivity index (χ1v) is 8.41. The van der Waals surface area contributed by atoms with Gasteiger partial charge in [-0.3, -0.25) is 9.10 Å². The number of carbonyl (C=O) groups excluding carboxylic acids is 1. The fourth-order valence-corrected chi connectivity index (χ4v) is 3.21. The van der Waals surface area contributed by atoms with Crippen LogP contribution in [0.15, 0.2) is 18.2 Å². The smallest absolute Gasteiger partial charge is 0.234 e. The van der Waals surface area contributed by atoms with Gasteiger partial charge in [0.25, 0.3) is 0 Å². The number of hydrogen-bond acceptors (Lipinski definition) is 3. The Morgan fingerprint density at radius 1 is 1.30 bits per heavy atom. The van der Waals surface area contributed by atoms with Crippen LogP contribution >= 0.6 is 0 Å². The van der Waals surface area contributed by atoms with Gasteiger partial charge >= 0.3 is 0 Å². The second kappa shape index (κ2) is 5.44. The van der Waals surface area contributed by atoms with Gasteiger partial charge in [0.05, 0.1) is 17.9 Å². The molecule has 0 fully saturated rings. The first kappa shape index (κ1) is 14.8. The predicted molar refractivity (Wildman–Crippen MR) is 80.7 cm³/mol. The number of amides is 1. The Labute approximate surface area is 120 Å². The maximum absolute atomic E-state index is 11.9. The Morgan fingerprint density at radius 3 is 2.60 bits per heavy atom. The van der Waals surface area contributed by atoms with E-state index in [4.69, 9.17) is 0 Å². The lowest BCUT2D eigenvalue weighted by Crippen LogP contribution is -2.28. The first-order valence-electron chi connectivity index (χ1n) is 6.80. The van der Waals surface area contributed by atoms with E-state index in [0.29, 0.717) is 18.7 Å².